The number of ether oxygens (including phenoxy) is 1. The van der Waals surface area contributed by atoms with Gasteiger partial charge < -0.3 is 40.3 Å². The normalized spacial score (nSPS) is 24.7. The summed E-state index contributed by atoms with van der Waals surface area (Å²) >= 11 is 0. The Balaban J connectivity index is -0.000000224. The van der Waals surface area contributed by atoms with Crippen LogP contribution in [0.1, 0.15) is 27.2 Å². The van der Waals surface area contributed by atoms with Crippen LogP contribution in [0.2, 0.25) is 0 Å². The van der Waals surface area contributed by atoms with Crippen LogP contribution in [0.25, 0.3) is 0 Å². The van der Waals surface area contributed by atoms with Crippen LogP contribution in [-0.2, 0) is 40.9 Å². The number of phosphoric ester groups is 2. The minimum Gasteiger partial charge on any atom is -0.412 e. The fraction of sp³-hybridized carbons (Fsp3) is 0.909. The molecular formula is C11H31O17P3. The van der Waals surface area contributed by atoms with Gasteiger partial charge in [0.05, 0.1) is 18.8 Å². The van der Waals surface area contributed by atoms with Crippen LogP contribution in [0.3, 0.4) is 0 Å². The molecule has 0 spiro atoms. The molecule has 1 rings (SSSR count). The van der Waals surface area contributed by atoms with Gasteiger partial charge in [0.1, 0.15) is 6.29 Å². The van der Waals surface area contributed by atoms with Crippen molar-refractivity contribution in [2.75, 3.05) is 20.8 Å². The van der Waals surface area contributed by atoms with E-state index in [1.807, 2.05) is 13.8 Å². The second-order valence-electron chi connectivity index (χ2n) is 4.98. The lowest BCUT2D eigenvalue weighted by atomic mass is 10.0. The van der Waals surface area contributed by atoms with Crippen LogP contribution in [0, 0.1) is 15.8 Å². The van der Waals surface area contributed by atoms with Crippen LogP contribution >= 0.6 is 23.5 Å². The monoisotopic (exact) mass is 528 g/mol. The SMILES string of the molecule is CC=O.CO.COP(=O)(O)OP(=O)(O)OP(=O)(O)OC[C@H]1OC(C)CC1C.O.O.O=O. The maximum Gasteiger partial charge on any atom is 0.490 e. The Kier molecular flexibility index (Phi) is 26.5. The summed E-state index contributed by atoms with van der Waals surface area (Å²) in [5, 5.41) is 7.00. The summed E-state index contributed by atoms with van der Waals surface area (Å²) in [6.07, 6.45) is 0.950. The quantitative estimate of drug-likeness (QED) is 0.238. The van der Waals surface area contributed by atoms with Crippen molar-refractivity contribution in [3.8, 4) is 0 Å². The van der Waals surface area contributed by atoms with E-state index in [0.717, 1.165) is 26.9 Å². The van der Waals surface area contributed by atoms with Crippen LogP contribution in [0.5, 0.6) is 0 Å². The Labute approximate surface area is 178 Å². The molecule has 0 radical (unpaired) electrons. The van der Waals surface area contributed by atoms with Crippen molar-refractivity contribution in [2.45, 2.75) is 39.4 Å². The maximum absolute atomic E-state index is 11.6. The summed E-state index contributed by atoms with van der Waals surface area (Å²) in [6, 6.07) is 0. The van der Waals surface area contributed by atoms with Gasteiger partial charge in [0.2, 0.25) is 0 Å². The first-order valence-corrected chi connectivity index (χ1v) is 12.0. The molecular weight excluding hydrogens is 497 g/mol. The summed E-state index contributed by atoms with van der Waals surface area (Å²) in [4.78, 5) is 50.2. The molecule has 0 saturated carbocycles. The van der Waals surface area contributed by atoms with Gasteiger partial charge in [0.25, 0.3) is 0 Å². The highest BCUT2D eigenvalue weighted by molar-refractivity contribution is 7.66. The van der Waals surface area contributed by atoms with E-state index in [-0.39, 0.29) is 29.6 Å². The molecule has 1 aliphatic rings. The molecule has 6 atom stereocenters. The number of hydrogen-bond donors (Lipinski definition) is 4. The number of carbonyl (C=O) groups excluding carboxylic acids is 1. The molecule has 17 nitrogen and oxygen atoms in total. The Morgan fingerprint density at radius 2 is 1.35 bits per heavy atom. The van der Waals surface area contributed by atoms with E-state index in [0.29, 0.717) is 0 Å². The first-order valence-electron chi connectivity index (χ1n) is 7.55. The largest absolute Gasteiger partial charge is 0.490 e. The van der Waals surface area contributed by atoms with E-state index in [1.54, 1.807) is 0 Å². The minimum atomic E-state index is -5.36. The summed E-state index contributed by atoms with van der Waals surface area (Å²) in [5.74, 6) is 0.0540. The third-order valence-corrected chi connectivity index (χ3v) is 7.03. The highest BCUT2D eigenvalue weighted by atomic mass is 31.3. The van der Waals surface area contributed by atoms with E-state index < -0.39 is 29.6 Å². The average Bonchev–Trinajstić information content (AvgIpc) is 2.93. The lowest BCUT2D eigenvalue weighted by Gasteiger charge is -2.19. The predicted octanol–water partition coefficient (Wildman–Crippen LogP) is 0.0286. The molecule has 0 aromatic carbocycles. The lowest BCUT2D eigenvalue weighted by Crippen LogP contribution is -2.20. The molecule has 1 heterocycles. The summed E-state index contributed by atoms with van der Waals surface area (Å²) in [5.41, 5.74) is 0. The molecule has 0 aromatic heterocycles. The van der Waals surface area contributed by atoms with Gasteiger partial charge >= 0.3 is 23.5 Å². The third kappa shape index (κ3) is 21.1. The summed E-state index contributed by atoms with van der Waals surface area (Å²) in [7, 11) is -13.5. The molecule has 0 amide bonds. The van der Waals surface area contributed by atoms with Crippen LogP contribution in [0.15, 0.2) is 0 Å². The van der Waals surface area contributed by atoms with Gasteiger partial charge in [0, 0.05) is 24.1 Å². The molecule has 1 saturated heterocycles. The van der Waals surface area contributed by atoms with E-state index in [1.165, 1.54) is 6.92 Å². The van der Waals surface area contributed by atoms with Crippen molar-refractivity contribution in [1.82, 2.24) is 0 Å². The Hall–Kier alpha value is -0.480. The number of carbonyl (C=O) groups is 1. The Morgan fingerprint density at radius 3 is 1.68 bits per heavy atom. The lowest BCUT2D eigenvalue weighted by molar-refractivity contribution is -0.106. The van der Waals surface area contributed by atoms with Crippen molar-refractivity contribution < 1.29 is 71.6 Å². The first kappa shape index (κ1) is 40.8. The highest BCUT2D eigenvalue weighted by Gasteiger charge is 2.42. The molecule has 0 aromatic rings. The number of hydrogen-bond acceptors (Lipinski definition) is 12. The average molecular weight is 528 g/mol. The number of aliphatic hydroxyl groups is 1. The van der Waals surface area contributed by atoms with Crippen molar-refractivity contribution in [1.29, 1.82) is 0 Å². The summed E-state index contributed by atoms with van der Waals surface area (Å²) < 4.78 is 55.5. The molecule has 5 unspecified atom stereocenters. The van der Waals surface area contributed by atoms with Gasteiger partial charge in [-0.25, -0.2) is 13.7 Å². The zero-order chi connectivity index (χ0) is 23.9. The van der Waals surface area contributed by atoms with Crippen molar-refractivity contribution >= 4 is 29.8 Å². The van der Waals surface area contributed by atoms with Gasteiger partial charge in [-0.2, -0.15) is 8.62 Å². The van der Waals surface area contributed by atoms with E-state index in [4.69, 9.17) is 34.4 Å². The molecule has 20 heteroatoms. The zero-order valence-corrected chi connectivity index (χ0v) is 20.0. The minimum absolute atomic E-state index is 0. The van der Waals surface area contributed by atoms with Crippen molar-refractivity contribution in [3.63, 3.8) is 0 Å². The maximum atomic E-state index is 11.6. The number of aldehydes is 1. The zero-order valence-electron chi connectivity index (χ0n) is 17.3. The van der Waals surface area contributed by atoms with Crippen LogP contribution in [0.4, 0.5) is 0 Å². The number of rotatable bonds is 8. The molecule has 0 bridgehead atoms. The van der Waals surface area contributed by atoms with Crippen LogP contribution < -0.4 is 0 Å². The smallest absolute Gasteiger partial charge is 0.412 e. The third-order valence-electron chi connectivity index (χ3n) is 2.79. The fourth-order valence-corrected chi connectivity index (χ4v) is 5.13. The van der Waals surface area contributed by atoms with Gasteiger partial charge in [-0.3, -0.25) is 9.05 Å². The molecule has 1 fully saturated rings. The predicted molar refractivity (Wildman–Crippen MR) is 107 cm³/mol. The van der Waals surface area contributed by atoms with Crippen molar-refractivity contribution in [2.24, 2.45) is 5.92 Å². The molecule has 8 N–H and O–H groups in total. The van der Waals surface area contributed by atoms with Gasteiger partial charge in [-0.15, -0.1) is 0 Å². The topological polar surface area (TPSA) is 292 Å². The first-order chi connectivity index (χ1) is 13.3. The fourth-order valence-electron chi connectivity index (χ4n) is 1.87. The molecule has 31 heavy (non-hydrogen) atoms. The Morgan fingerprint density at radius 1 is 0.968 bits per heavy atom. The highest BCUT2D eigenvalue weighted by Crippen LogP contribution is 2.67. The number of phosphoric acid groups is 3. The van der Waals surface area contributed by atoms with Crippen molar-refractivity contribution in [3.05, 3.63) is 9.93 Å². The van der Waals surface area contributed by atoms with E-state index >= 15 is 0 Å². The van der Waals surface area contributed by atoms with Gasteiger partial charge in [0.15, 0.2) is 0 Å². The van der Waals surface area contributed by atoms with E-state index in [9.17, 15) is 18.6 Å². The molecule has 0 aliphatic carbocycles. The molecule has 192 valence electrons. The standard InChI is InChI=1S/C8H19O11P3.C2H4O.CH4O.O2.2H2O/c1-6-4-7(2)17-8(6)5-16-21(11,12)19-22(13,14)18-20(9,10)15-3;1-2-3;2*1-2;;/h6-8H,4-5H2,1-3H3,(H,9,10)(H,11,12)(H,13,14);2H,1H3;2H,1H3;;2*1H2/t6?,7?,8-;;;;;/m1...../s1. The summed E-state index contributed by atoms with van der Waals surface area (Å²) in [6.45, 7) is 4.76. The molecule has 1 aliphatic heterocycles. The van der Waals surface area contributed by atoms with Crippen LogP contribution in [-0.4, -0.2) is 70.1 Å². The van der Waals surface area contributed by atoms with E-state index in [2.05, 4.69) is 17.7 Å². The second kappa shape index (κ2) is 20.1. The van der Waals surface area contributed by atoms with Gasteiger partial charge in [-0.1, -0.05) is 6.92 Å². The Bertz CT molecular complexity index is 586. The second-order valence-corrected chi connectivity index (χ2v) is 9.72. The van der Waals surface area contributed by atoms with Gasteiger partial charge in [-0.05, 0) is 26.2 Å². The number of aliphatic hydroxyl groups excluding tert-OH is 1.